The van der Waals surface area contributed by atoms with Gasteiger partial charge < -0.3 is 5.11 Å². The van der Waals surface area contributed by atoms with Crippen LogP contribution in [0.25, 0.3) is 0 Å². The number of allylic oxidation sites excluding steroid dienone is 1. The highest BCUT2D eigenvalue weighted by atomic mass is 16.3. The van der Waals surface area contributed by atoms with Crippen LogP contribution in [0.4, 0.5) is 0 Å². The molecule has 0 radical (unpaired) electrons. The summed E-state index contributed by atoms with van der Waals surface area (Å²) in [5.41, 5.74) is 1.37. The quantitative estimate of drug-likeness (QED) is 0.667. The van der Waals surface area contributed by atoms with E-state index in [-0.39, 0.29) is 6.10 Å². The Labute approximate surface area is 86.2 Å². The first-order valence-electron chi connectivity index (χ1n) is 6.25. The number of hydrogen-bond donors (Lipinski definition) is 1. The van der Waals surface area contributed by atoms with Crippen LogP contribution >= 0.6 is 0 Å². The van der Waals surface area contributed by atoms with Crippen LogP contribution < -0.4 is 0 Å². The lowest BCUT2D eigenvalue weighted by atomic mass is 10.0. The minimum atomic E-state index is -0.0643. The standard InChI is InChI=1S/C13H20O/c14-13(9-5-1-2-6-9)12-10-7-3-4-8-11(10)12/h5,10-14H,1-4,6-8H2. The number of fused-ring (bicyclic) bond motifs is 1. The summed E-state index contributed by atoms with van der Waals surface area (Å²) >= 11 is 0. The molecule has 2 saturated carbocycles. The second-order valence-electron chi connectivity index (χ2n) is 5.31. The zero-order chi connectivity index (χ0) is 9.54. The maximum Gasteiger partial charge on any atom is 0.0783 e. The van der Waals surface area contributed by atoms with Crippen molar-refractivity contribution in [3.63, 3.8) is 0 Å². The summed E-state index contributed by atoms with van der Waals surface area (Å²) in [6, 6.07) is 0. The molecule has 0 heterocycles. The Balaban J connectivity index is 1.66. The Morgan fingerprint density at radius 1 is 1.14 bits per heavy atom. The van der Waals surface area contributed by atoms with Crippen molar-refractivity contribution in [3.05, 3.63) is 11.6 Å². The third kappa shape index (κ3) is 1.33. The van der Waals surface area contributed by atoms with Crippen LogP contribution in [-0.4, -0.2) is 11.2 Å². The summed E-state index contributed by atoms with van der Waals surface area (Å²) in [4.78, 5) is 0. The van der Waals surface area contributed by atoms with Gasteiger partial charge in [-0.2, -0.15) is 0 Å². The first-order chi connectivity index (χ1) is 6.88. The molecule has 0 amide bonds. The largest absolute Gasteiger partial charge is 0.388 e. The minimum absolute atomic E-state index is 0.0643. The first kappa shape index (κ1) is 8.96. The van der Waals surface area contributed by atoms with Gasteiger partial charge in [0, 0.05) is 0 Å². The molecule has 3 rings (SSSR count). The van der Waals surface area contributed by atoms with E-state index in [9.17, 15) is 5.11 Å². The average molecular weight is 192 g/mol. The van der Waals surface area contributed by atoms with Gasteiger partial charge in [-0.15, -0.1) is 0 Å². The fourth-order valence-electron chi connectivity index (χ4n) is 3.73. The van der Waals surface area contributed by atoms with E-state index in [0.29, 0.717) is 5.92 Å². The van der Waals surface area contributed by atoms with Gasteiger partial charge in [0.25, 0.3) is 0 Å². The molecular weight excluding hydrogens is 172 g/mol. The van der Waals surface area contributed by atoms with Gasteiger partial charge in [-0.25, -0.2) is 0 Å². The molecule has 0 bridgehead atoms. The lowest BCUT2D eigenvalue weighted by Crippen LogP contribution is -2.13. The minimum Gasteiger partial charge on any atom is -0.388 e. The SMILES string of the molecule is OC(C1=CCCC1)C1C2CCCCC21. The van der Waals surface area contributed by atoms with E-state index in [1.807, 2.05) is 0 Å². The van der Waals surface area contributed by atoms with Crippen LogP contribution in [0.3, 0.4) is 0 Å². The number of aliphatic hydroxyl groups excluding tert-OH is 1. The monoisotopic (exact) mass is 192 g/mol. The fraction of sp³-hybridized carbons (Fsp3) is 0.846. The van der Waals surface area contributed by atoms with Crippen molar-refractivity contribution in [2.75, 3.05) is 0 Å². The Hall–Kier alpha value is -0.300. The summed E-state index contributed by atoms with van der Waals surface area (Å²) in [6.07, 6.45) is 11.5. The third-order valence-electron chi connectivity index (χ3n) is 4.54. The Morgan fingerprint density at radius 2 is 1.86 bits per heavy atom. The molecule has 0 aromatic carbocycles. The van der Waals surface area contributed by atoms with Gasteiger partial charge in [0.2, 0.25) is 0 Å². The molecule has 0 aliphatic heterocycles. The maximum atomic E-state index is 10.3. The Bertz CT molecular complexity index is 244. The van der Waals surface area contributed by atoms with Crippen molar-refractivity contribution in [2.24, 2.45) is 17.8 Å². The zero-order valence-corrected chi connectivity index (χ0v) is 8.78. The van der Waals surface area contributed by atoms with Crippen molar-refractivity contribution >= 4 is 0 Å². The van der Waals surface area contributed by atoms with E-state index in [1.165, 1.54) is 44.1 Å². The highest BCUT2D eigenvalue weighted by Crippen LogP contribution is 2.58. The first-order valence-corrected chi connectivity index (χ1v) is 6.25. The topological polar surface area (TPSA) is 20.2 Å². The maximum absolute atomic E-state index is 10.3. The van der Waals surface area contributed by atoms with Crippen LogP contribution in [0.15, 0.2) is 11.6 Å². The Kier molecular flexibility index (Phi) is 2.16. The summed E-state index contributed by atoms with van der Waals surface area (Å²) in [7, 11) is 0. The van der Waals surface area contributed by atoms with Gasteiger partial charge in [0.15, 0.2) is 0 Å². The van der Waals surface area contributed by atoms with Gasteiger partial charge in [0.05, 0.1) is 6.10 Å². The summed E-state index contributed by atoms with van der Waals surface area (Å²) in [6.45, 7) is 0. The van der Waals surface area contributed by atoms with Crippen molar-refractivity contribution in [1.29, 1.82) is 0 Å². The molecule has 78 valence electrons. The molecule has 1 heteroatoms. The molecule has 14 heavy (non-hydrogen) atoms. The molecule has 1 N–H and O–H groups in total. The van der Waals surface area contributed by atoms with Crippen LogP contribution in [0.2, 0.25) is 0 Å². The molecule has 3 unspecified atom stereocenters. The number of aliphatic hydroxyl groups is 1. The molecular formula is C13H20O. The van der Waals surface area contributed by atoms with E-state index in [4.69, 9.17) is 0 Å². The fourth-order valence-corrected chi connectivity index (χ4v) is 3.73. The van der Waals surface area contributed by atoms with Crippen LogP contribution in [-0.2, 0) is 0 Å². The number of rotatable bonds is 2. The summed E-state index contributed by atoms with van der Waals surface area (Å²) in [5, 5.41) is 10.3. The van der Waals surface area contributed by atoms with E-state index in [0.717, 1.165) is 18.3 Å². The van der Waals surface area contributed by atoms with E-state index < -0.39 is 0 Å². The lowest BCUT2D eigenvalue weighted by Gasteiger charge is -2.11. The van der Waals surface area contributed by atoms with E-state index in [2.05, 4.69) is 6.08 Å². The average Bonchev–Trinajstić information content (AvgIpc) is 2.70. The van der Waals surface area contributed by atoms with Crippen LogP contribution in [0, 0.1) is 17.8 Å². The molecule has 3 atom stereocenters. The van der Waals surface area contributed by atoms with Gasteiger partial charge >= 0.3 is 0 Å². The number of hydrogen-bond acceptors (Lipinski definition) is 1. The van der Waals surface area contributed by atoms with E-state index in [1.54, 1.807) is 0 Å². The molecule has 3 aliphatic rings. The molecule has 0 spiro atoms. The van der Waals surface area contributed by atoms with Crippen LogP contribution in [0.1, 0.15) is 44.9 Å². The molecule has 0 aromatic heterocycles. The summed E-state index contributed by atoms with van der Waals surface area (Å²) < 4.78 is 0. The lowest BCUT2D eigenvalue weighted by molar-refractivity contribution is 0.173. The zero-order valence-electron chi connectivity index (χ0n) is 8.78. The Morgan fingerprint density at radius 3 is 2.43 bits per heavy atom. The normalized spacial score (nSPS) is 42.9. The second kappa shape index (κ2) is 3.37. The highest BCUT2D eigenvalue weighted by molar-refractivity contribution is 5.19. The van der Waals surface area contributed by atoms with Gasteiger partial charge in [-0.05, 0) is 55.4 Å². The predicted molar refractivity (Wildman–Crippen MR) is 56.9 cm³/mol. The van der Waals surface area contributed by atoms with Crippen molar-refractivity contribution < 1.29 is 5.11 Å². The highest BCUT2D eigenvalue weighted by Gasteiger charge is 2.54. The van der Waals surface area contributed by atoms with Crippen molar-refractivity contribution in [1.82, 2.24) is 0 Å². The summed E-state index contributed by atoms with van der Waals surface area (Å²) in [5.74, 6) is 2.43. The van der Waals surface area contributed by atoms with Crippen molar-refractivity contribution in [3.8, 4) is 0 Å². The van der Waals surface area contributed by atoms with Gasteiger partial charge in [-0.1, -0.05) is 18.9 Å². The smallest absolute Gasteiger partial charge is 0.0783 e. The molecule has 3 aliphatic carbocycles. The molecule has 2 fully saturated rings. The van der Waals surface area contributed by atoms with Gasteiger partial charge in [-0.3, -0.25) is 0 Å². The third-order valence-corrected chi connectivity index (χ3v) is 4.54. The van der Waals surface area contributed by atoms with Crippen molar-refractivity contribution in [2.45, 2.75) is 51.0 Å². The molecule has 0 aromatic rings. The van der Waals surface area contributed by atoms with Gasteiger partial charge in [0.1, 0.15) is 0 Å². The predicted octanol–water partition coefficient (Wildman–Crippen LogP) is 2.89. The van der Waals surface area contributed by atoms with Crippen LogP contribution in [0.5, 0.6) is 0 Å². The molecule has 0 saturated heterocycles. The molecule has 1 nitrogen and oxygen atoms in total. The second-order valence-corrected chi connectivity index (χ2v) is 5.31. The van der Waals surface area contributed by atoms with E-state index >= 15 is 0 Å².